The second-order valence-electron chi connectivity index (χ2n) is 6.13. The maximum Gasteiger partial charge on any atom is 0.289 e. The highest BCUT2D eigenvalue weighted by atomic mass is 35.5. The Morgan fingerprint density at radius 1 is 1.21 bits per heavy atom. The summed E-state index contributed by atoms with van der Waals surface area (Å²) in [5, 5.41) is 21.7. The molecule has 0 bridgehead atoms. The second kappa shape index (κ2) is 8.01. The molecule has 0 aliphatic rings. The van der Waals surface area contributed by atoms with Crippen molar-refractivity contribution in [2.24, 2.45) is 5.10 Å². The molecule has 0 atom stereocenters. The van der Waals surface area contributed by atoms with Crippen LogP contribution in [0.5, 0.6) is 0 Å². The van der Waals surface area contributed by atoms with E-state index in [9.17, 15) is 14.9 Å². The summed E-state index contributed by atoms with van der Waals surface area (Å²) in [4.78, 5) is 22.5. The quantitative estimate of drug-likeness (QED) is 0.384. The zero-order chi connectivity index (χ0) is 20.3. The number of aryl methyl sites for hydroxylation is 2. The number of carbonyl (C=O) groups excluding carboxylic acids is 1. The molecular weight excluding hydrogens is 382 g/mol. The summed E-state index contributed by atoms with van der Waals surface area (Å²) < 4.78 is 0. The van der Waals surface area contributed by atoms with Gasteiger partial charge in [0, 0.05) is 28.3 Å². The monoisotopic (exact) mass is 397 g/mol. The number of rotatable bonds is 5. The van der Waals surface area contributed by atoms with Gasteiger partial charge in [-0.15, -0.1) is 0 Å². The zero-order valence-corrected chi connectivity index (χ0v) is 15.8. The number of amides is 1. The number of nitro groups is 1. The third-order valence-electron chi connectivity index (χ3n) is 4.19. The van der Waals surface area contributed by atoms with E-state index >= 15 is 0 Å². The average molecular weight is 398 g/mol. The summed E-state index contributed by atoms with van der Waals surface area (Å²) in [6.45, 7) is 4.03. The Balaban J connectivity index is 1.71. The van der Waals surface area contributed by atoms with E-state index in [-0.39, 0.29) is 16.4 Å². The molecule has 0 saturated heterocycles. The normalized spacial score (nSPS) is 11.0. The Kier molecular flexibility index (Phi) is 5.51. The van der Waals surface area contributed by atoms with Crippen LogP contribution in [-0.4, -0.2) is 27.2 Å². The number of aromatic nitrogens is 2. The minimum absolute atomic E-state index is 0.122. The van der Waals surface area contributed by atoms with E-state index in [0.29, 0.717) is 11.3 Å². The topological polar surface area (TPSA) is 113 Å². The van der Waals surface area contributed by atoms with Gasteiger partial charge in [-0.3, -0.25) is 20.0 Å². The first-order valence-corrected chi connectivity index (χ1v) is 8.63. The third-order valence-corrected chi connectivity index (χ3v) is 4.53. The van der Waals surface area contributed by atoms with Crippen LogP contribution in [0.3, 0.4) is 0 Å². The maximum absolute atomic E-state index is 12.2. The summed E-state index contributed by atoms with van der Waals surface area (Å²) in [5.74, 6) is -0.500. The molecule has 1 amide bonds. The molecule has 0 spiro atoms. The number of non-ortho nitro benzene ring substituents is 1. The highest BCUT2D eigenvalue weighted by molar-refractivity contribution is 6.33. The summed E-state index contributed by atoms with van der Waals surface area (Å²) in [6, 6.07) is 11.5. The van der Waals surface area contributed by atoms with Crippen molar-refractivity contribution < 1.29 is 9.72 Å². The van der Waals surface area contributed by atoms with Crippen molar-refractivity contribution >= 4 is 29.4 Å². The van der Waals surface area contributed by atoms with Gasteiger partial charge in [-0.2, -0.15) is 10.2 Å². The van der Waals surface area contributed by atoms with Gasteiger partial charge in [0.25, 0.3) is 11.6 Å². The van der Waals surface area contributed by atoms with Gasteiger partial charge in [-0.25, -0.2) is 5.43 Å². The van der Waals surface area contributed by atoms with Gasteiger partial charge in [0.05, 0.1) is 16.8 Å². The van der Waals surface area contributed by atoms with E-state index in [0.717, 1.165) is 11.1 Å². The fourth-order valence-corrected chi connectivity index (χ4v) is 2.62. The van der Waals surface area contributed by atoms with E-state index in [4.69, 9.17) is 11.6 Å². The first-order chi connectivity index (χ1) is 13.3. The van der Waals surface area contributed by atoms with E-state index in [1.807, 2.05) is 32.0 Å². The Morgan fingerprint density at radius 3 is 2.71 bits per heavy atom. The van der Waals surface area contributed by atoms with Crippen LogP contribution in [0.4, 0.5) is 5.69 Å². The van der Waals surface area contributed by atoms with E-state index in [2.05, 4.69) is 20.7 Å². The fraction of sp³-hybridized carbons (Fsp3) is 0.105. The van der Waals surface area contributed by atoms with Crippen LogP contribution in [0.15, 0.2) is 47.6 Å². The molecule has 0 aliphatic carbocycles. The minimum Gasteiger partial charge on any atom is -0.272 e. The smallest absolute Gasteiger partial charge is 0.272 e. The lowest BCUT2D eigenvalue weighted by Gasteiger charge is -2.01. The Labute approximate surface area is 165 Å². The number of carbonyl (C=O) groups is 1. The van der Waals surface area contributed by atoms with Gasteiger partial charge in [0.2, 0.25) is 0 Å². The van der Waals surface area contributed by atoms with Crippen molar-refractivity contribution in [3.05, 3.63) is 80.0 Å². The van der Waals surface area contributed by atoms with Crippen LogP contribution in [-0.2, 0) is 0 Å². The molecule has 8 nitrogen and oxygen atoms in total. The van der Waals surface area contributed by atoms with Crippen LogP contribution in [0, 0.1) is 24.0 Å². The SMILES string of the molecule is Cc1ccc(-c2cc(C(=O)N/N=C\c3cc([N+](=O)[O-])ccc3Cl)[nH]n2)cc1C. The molecule has 2 N–H and O–H groups in total. The largest absolute Gasteiger partial charge is 0.289 e. The number of H-pyrrole nitrogens is 1. The van der Waals surface area contributed by atoms with Crippen molar-refractivity contribution in [1.29, 1.82) is 0 Å². The molecule has 0 radical (unpaired) electrons. The van der Waals surface area contributed by atoms with Crippen molar-refractivity contribution in [3.63, 3.8) is 0 Å². The summed E-state index contributed by atoms with van der Waals surface area (Å²) in [6.07, 6.45) is 1.24. The summed E-state index contributed by atoms with van der Waals surface area (Å²) in [7, 11) is 0. The zero-order valence-electron chi connectivity index (χ0n) is 15.1. The van der Waals surface area contributed by atoms with E-state index in [1.165, 1.54) is 30.0 Å². The molecule has 0 fully saturated rings. The van der Waals surface area contributed by atoms with Crippen LogP contribution >= 0.6 is 11.6 Å². The number of benzene rings is 2. The molecule has 3 aromatic rings. The molecule has 9 heteroatoms. The highest BCUT2D eigenvalue weighted by Gasteiger charge is 2.12. The lowest BCUT2D eigenvalue weighted by molar-refractivity contribution is -0.384. The van der Waals surface area contributed by atoms with Gasteiger partial charge in [0.15, 0.2) is 0 Å². The molecule has 0 saturated carbocycles. The number of hydrogen-bond donors (Lipinski definition) is 2. The molecule has 0 unspecified atom stereocenters. The maximum atomic E-state index is 12.2. The second-order valence-corrected chi connectivity index (χ2v) is 6.54. The standard InChI is InChI=1S/C19H16ClN5O3/c1-11-3-4-13(7-12(11)2)17-9-18(23-22-17)19(26)24-21-10-14-8-15(25(27)28)5-6-16(14)20/h3-10H,1-2H3,(H,22,23)(H,24,26)/b21-10-. The molecule has 1 heterocycles. The summed E-state index contributed by atoms with van der Waals surface area (Å²) >= 11 is 5.99. The number of hydrogen-bond acceptors (Lipinski definition) is 5. The lowest BCUT2D eigenvalue weighted by Crippen LogP contribution is -2.18. The van der Waals surface area contributed by atoms with Gasteiger partial charge in [-0.05, 0) is 43.2 Å². The average Bonchev–Trinajstić information content (AvgIpc) is 3.15. The molecule has 142 valence electrons. The van der Waals surface area contributed by atoms with Crippen molar-refractivity contribution in [1.82, 2.24) is 15.6 Å². The van der Waals surface area contributed by atoms with E-state index in [1.54, 1.807) is 6.07 Å². The van der Waals surface area contributed by atoms with Crippen molar-refractivity contribution in [2.75, 3.05) is 0 Å². The third kappa shape index (κ3) is 4.24. The van der Waals surface area contributed by atoms with Gasteiger partial charge < -0.3 is 0 Å². The highest BCUT2D eigenvalue weighted by Crippen LogP contribution is 2.21. The number of aromatic amines is 1. The van der Waals surface area contributed by atoms with Crippen molar-refractivity contribution in [3.8, 4) is 11.3 Å². The number of nitrogens with zero attached hydrogens (tertiary/aromatic N) is 3. The van der Waals surface area contributed by atoms with Crippen LogP contribution in [0.25, 0.3) is 11.3 Å². The minimum atomic E-state index is -0.537. The molecule has 28 heavy (non-hydrogen) atoms. The van der Waals surface area contributed by atoms with Crippen LogP contribution < -0.4 is 5.43 Å². The van der Waals surface area contributed by atoms with Gasteiger partial charge in [-0.1, -0.05) is 23.7 Å². The van der Waals surface area contributed by atoms with E-state index < -0.39 is 10.8 Å². The molecule has 1 aromatic heterocycles. The number of nitro benzene ring substituents is 1. The Morgan fingerprint density at radius 2 is 2.00 bits per heavy atom. The van der Waals surface area contributed by atoms with Crippen molar-refractivity contribution in [2.45, 2.75) is 13.8 Å². The Hall–Kier alpha value is -3.52. The molecular formula is C19H16ClN5O3. The number of nitrogens with one attached hydrogen (secondary N) is 2. The fourth-order valence-electron chi connectivity index (χ4n) is 2.45. The predicted octanol–water partition coefficient (Wildman–Crippen LogP) is 4.02. The van der Waals surface area contributed by atoms with Gasteiger partial charge >= 0.3 is 0 Å². The molecule has 2 aromatic carbocycles. The lowest BCUT2D eigenvalue weighted by atomic mass is 10.0. The first kappa shape index (κ1) is 19.2. The summed E-state index contributed by atoms with van der Waals surface area (Å²) in [5.41, 5.74) is 6.60. The number of hydrazone groups is 1. The van der Waals surface area contributed by atoms with Crippen LogP contribution in [0.1, 0.15) is 27.2 Å². The molecule has 3 rings (SSSR count). The number of halogens is 1. The Bertz CT molecular complexity index is 1090. The van der Waals surface area contributed by atoms with Gasteiger partial charge in [0.1, 0.15) is 5.69 Å². The molecule has 0 aliphatic heterocycles. The predicted molar refractivity (Wildman–Crippen MR) is 107 cm³/mol. The van der Waals surface area contributed by atoms with Crippen LogP contribution in [0.2, 0.25) is 5.02 Å². The first-order valence-electron chi connectivity index (χ1n) is 8.25.